The zero-order valence-electron chi connectivity index (χ0n) is 14.9. The van der Waals surface area contributed by atoms with Crippen LogP contribution in [-0.4, -0.2) is 22.9 Å². The van der Waals surface area contributed by atoms with E-state index in [9.17, 15) is 5.11 Å². The number of aliphatic hydroxyl groups excluding tert-OH is 1. The predicted octanol–water partition coefficient (Wildman–Crippen LogP) is 4.32. The zero-order valence-corrected chi connectivity index (χ0v) is 14.9. The molecule has 1 heterocycles. The Kier molecular flexibility index (Phi) is 3.03. The number of fused-ring (bicyclic) bond motifs is 4. The van der Waals surface area contributed by atoms with E-state index in [0.29, 0.717) is 29.3 Å². The smallest absolute Gasteiger partial charge is 0.0920 e. The molecule has 22 heavy (non-hydrogen) atoms. The summed E-state index contributed by atoms with van der Waals surface area (Å²) in [6, 6.07) is 0. The maximum Gasteiger partial charge on any atom is 0.0920 e. The summed E-state index contributed by atoms with van der Waals surface area (Å²) in [7, 11) is 0. The van der Waals surface area contributed by atoms with Gasteiger partial charge in [-0.3, -0.25) is 0 Å². The van der Waals surface area contributed by atoms with Crippen LogP contribution in [0.3, 0.4) is 0 Å². The first kappa shape index (κ1) is 15.2. The van der Waals surface area contributed by atoms with Crippen LogP contribution in [0.5, 0.6) is 0 Å². The maximum absolute atomic E-state index is 10.8. The van der Waals surface area contributed by atoms with E-state index < -0.39 is 0 Å². The molecule has 7 unspecified atom stereocenters. The van der Waals surface area contributed by atoms with E-state index in [4.69, 9.17) is 4.74 Å². The van der Waals surface area contributed by atoms with Crippen LogP contribution in [0.1, 0.15) is 66.7 Å². The van der Waals surface area contributed by atoms with Crippen molar-refractivity contribution in [1.82, 2.24) is 0 Å². The fourth-order valence-electron chi connectivity index (χ4n) is 6.13. The molecule has 124 valence electrons. The van der Waals surface area contributed by atoms with Gasteiger partial charge in [-0.15, -0.1) is 0 Å². The standard InChI is InChI=1S/C20H32O2/c1-12(2)13-10-15(21)19(4)9-8-18(3)11-16-20(5,22-16)7-6-14(18)17(13)19/h10,12,14-17,21H,6-9,11H2,1-5H3. The Morgan fingerprint density at radius 3 is 2.59 bits per heavy atom. The van der Waals surface area contributed by atoms with Crippen LogP contribution in [0.25, 0.3) is 0 Å². The number of hydrogen-bond donors (Lipinski definition) is 1. The third-order valence-electron chi connectivity index (χ3n) is 7.93. The topological polar surface area (TPSA) is 32.8 Å². The predicted molar refractivity (Wildman–Crippen MR) is 88.5 cm³/mol. The van der Waals surface area contributed by atoms with E-state index in [0.717, 1.165) is 6.42 Å². The summed E-state index contributed by atoms with van der Waals surface area (Å²) in [5, 5.41) is 10.8. The van der Waals surface area contributed by atoms with Gasteiger partial charge in [0.2, 0.25) is 0 Å². The first-order valence-corrected chi connectivity index (χ1v) is 9.27. The molecular formula is C20H32O2. The second-order valence-electron chi connectivity index (χ2n) is 9.67. The molecule has 1 saturated heterocycles. The Morgan fingerprint density at radius 2 is 1.91 bits per heavy atom. The Morgan fingerprint density at radius 1 is 1.18 bits per heavy atom. The molecule has 4 rings (SSSR count). The molecule has 0 bridgehead atoms. The van der Waals surface area contributed by atoms with Gasteiger partial charge >= 0.3 is 0 Å². The van der Waals surface area contributed by atoms with Gasteiger partial charge in [0.05, 0.1) is 17.8 Å². The van der Waals surface area contributed by atoms with Gasteiger partial charge in [0, 0.05) is 5.41 Å². The van der Waals surface area contributed by atoms with Crippen LogP contribution in [-0.2, 0) is 4.74 Å². The van der Waals surface area contributed by atoms with Gasteiger partial charge < -0.3 is 9.84 Å². The fourth-order valence-corrected chi connectivity index (χ4v) is 6.13. The summed E-state index contributed by atoms with van der Waals surface area (Å²) in [5.41, 5.74) is 2.16. The second-order valence-corrected chi connectivity index (χ2v) is 9.67. The Balaban J connectivity index is 1.73. The van der Waals surface area contributed by atoms with E-state index in [1.54, 1.807) is 0 Å². The number of allylic oxidation sites excluding steroid dienone is 1. The van der Waals surface area contributed by atoms with E-state index >= 15 is 0 Å². The van der Waals surface area contributed by atoms with Gasteiger partial charge in [0.25, 0.3) is 0 Å². The summed E-state index contributed by atoms with van der Waals surface area (Å²) in [6.07, 6.45) is 8.55. The Hall–Kier alpha value is -0.340. The molecule has 0 radical (unpaired) electrons. The van der Waals surface area contributed by atoms with Crippen molar-refractivity contribution in [2.24, 2.45) is 28.6 Å². The summed E-state index contributed by atoms with van der Waals surface area (Å²) in [5.74, 6) is 1.83. The number of epoxide rings is 1. The van der Waals surface area contributed by atoms with Crippen LogP contribution >= 0.6 is 0 Å². The molecule has 0 aromatic rings. The van der Waals surface area contributed by atoms with E-state index in [-0.39, 0.29) is 17.1 Å². The van der Waals surface area contributed by atoms with Gasteiger partial charge in [0.1, 0.15) is 0 Å². The number of ether oxygens (including phenoxy) is 1. The molecule has 0 aromatic heterocycles. The highest BCUT2D eigenvalue weighted by atomic mass is 16.6. The quantitative estimate of drug-likeness (QED) is 0.578. The van der Waals surface area contributed by atoms with Crippen LogP contribution in [0.2, 0.25) is 0 Å². The molecule has 2 heteroatoms. The third-order valence-corrected chi connectivity index (χ3v) is 7.93. The molecule has 0 amide bonds. The first-order chi connectivity index (χ1) is 10.2. The maximum atomic E-state index is 10.8. The Bertz CT molecular complexity index is 524. The monoisotopic (exact) mass is 304 g/mol. The molecule has 1 aliphatic heterocycles. The lowest BCUT2D eigenvalue weighted by Gasteiger charge is -2.54. The summed E-state index contributed by atoms with van der Waals surface area (Å²) < 4.78 is 6.03. The van der Waals surface area contributed by atoms with E-state index in [1.165, 1.54) is 31.3 Å². The Labute approximate surface area is 135 Å². The summed E-state index contributed by atoms with van der Waals surface area (Å²) >= 11 is 0. The van der Waals surface area contributed by atoms with Gasteiger partial charge in [-0.2, -0.15) is 0 Å². The van der Waals surface area contributed by atoms with Crippen LogP contribution in [0, 0.1) is 28.6 Å². The molecule has 2 nitrogen and oxygen atoms in total. The van der Waals surface area contributed by atoms with E-state index in [2.05, 4.69) is 40.7 Å². The van der Waals surface area contributed by atoms with Crippen LogP contribution < -0.4 is 0 Å². The summed E-state index contributed by atoms with van der Waals surface area (Å²) in [6.45, 7) is 11.8. The largest absolute Gasteiger partial charge is 0.388 e. The van der Waals surface area contributed by atoms with Crippen LogP contribution in [0.4, 0.5) is 0 Å². The highest BCUT2D eigenvalue weighted by Gasteiger charge is 2.64. The van der Waals surface area contributed by atoms with Crippen LogP contribution in [0.15, 0.2) is 11.6 Å². The van der Waals surface area contributed by atoms with Crippen molar-refractivity contribution in [2.75, 3.05) is 0 Å². The molecule has 7 atom stereocenters. The highest BCUT2D eigenvalue weighted by molar-refractivity contribution is 5.29. The molecule has 0 spiro atoms. The molecular weight excluding hydrogens is 272 g/mol. The molecule has 3 aliphatic carbocycles. The van der Waals surface area contributed by atoms with Crippen molar-refractivity contribution in [1.29, 1.82) is 0 Å². The second kappa shape index (κ2) is 4.39. The zero-order chi connectivity index (χ0) is 15.9. The SMILES string of the molecule is CC(C)C1=CC(O)C2(C)CCC3(C)CC4OC4(C)CCC3C12. The minimum Gasteiger partial charge on any atom is -0.388 e. The highest BCUT2D eigenvalue weighted by Crippen LogP contribution is 2.66. The summed E-state index contributed by atoms with van der Waals surface area (Å²) in [4.78, 5) is 0. The minimum absolute atomic E-state index is 0.0695. The molecule has 2 saturated carbocycles. The number of rotatable bonds is 1. The minimum atomic E-state index is -0.246. The van der Waals surface area contributed by atoms with Crippen molar-refractivity contribution in [3.05, 3.63) is 11.6 Å². The van der Waals surface area contributed by atoms with Crippen molar-refractivity contribution < 1.29 is 9.84 Å². The number of hydrogen-bond acceptors (Lipinski definition) is 2. The average Bonchev–Trinajstić information content (AvgIpc) is 2.99. The number of aliphatic hydroxyl groups is 1. The lowest BCUT2D eigenvalue weighted by Crippen LogP contribution is -2.49. The van der Waals surface area contributed by atoms with Crippen molar-refractivity contribution in [3.63, 3.8) is 0 Å². The fraction of sp³-hybridized carbons (Fsp3) is 0.900. The lowest BCUT2D eigenvalue weighted by molar-refractivity contribution is -0.0702. The van der Waals surface area contributed by atoms with Gasteiger partial charge in [-0.1, -0.05) is 39.3 Å². The molecule has 3 fully saturated rings. The van der Waals surface area contributed by atoms with Gasteiger partial charge in [-0.25, -0.2) is 0 Å². The molecule has 4 aliphatic rings. The van der Waals surface area contributed by atoms with Crippen molar-refractivity contribution in [3.8, 4) is 0 Å². The normalized spacial score (nSPS) is 56.8. The average molecular weight is 304 g/mol. The van der Waals surface area contributed by atoms with Crippen molar-refractivity contribution >= 4 is 0 Å². The lowest BCUT2D eigenvalue weighted by atomic mass is 9.51. The third kappa shape index (κ3) is 1.86. The van der Waals surface area contributed by atoms with Gasteiger partial charge in [0.15, 0.2) is 0 Å². The van der Waals surface area contributed by atoms with E-state index in [1.807, 2.05) is 0 Å². The first-order valence-electron chi connectivity index (χ1n) is 9.27. The molecule has 1 N–H and O–H groups in total. The van der Waals surface area contributed by atoms with Gasteiger partial charge in [-0.05, 0) is 62.2 Å². The van der Waals surface area contributed by atoms with Crippen molar-refractivity contribution in [2.45, 2.75) is 84.5 Å². The molecule has 0 aromatic carbocycles.